The molecule has 52 valence electrons. The van der Waals surface area contributed by atoms with Crippen molar-refractivity contribution in [2.45, 2.75) is 20.8 Å². The van der Waals surface area contributed by atoms with E-state index in [1.807, 2.05) is 20.8 Å². The van der Waals surface area contributed by atoms with E-state index >= 15 is 0 Å². The molecule has 0 saturated heterocycles. The maximum Gasteiger partial charge on any atom is -0.00159 e. The van der Waals surface area contributed by atoms with Crippen molar-refractivity contribution in [1.29, 1.82) is 0 Å². The van der Waals surface area contributed by atoms with E-state index < -0.39 is 9.93 Å². The molecule has 2 heteroatoms. The van der Waals surface area contributed by atoms with E-state index in [0.29, 0.717) is 0 Å². The van der Waals surface area contributed by atoms with Crippen LogP contribution < -0.4 is 0 Å². The quantitative estimate of drug-likeness (QED) is 0.574. The van der Waals surface area contributed by atoms with E-state index in [0.717, 1.165) is 17.3 Å². The fraction of sp³-hybridized carbons (Fsp3) is 1.00. The average molecular weight is 136 g/mol. The molecule has 0 spiro atoms. The second kappa shape index (κ2) is 3.23. The van der Waals surface area contributed by atoms with Crippen LogP contribution >= 0.6 is 0 Å². The Bertz CT molecular complexity index is 79.7. The molecule has 0 amide bonds. The number of rotatable bonds is 3. The van der Waals surface area contributed by atoms with Crippen LogP contribution in [0.4, 0.5) is 0 Å². The molecule has 0 fully saturated rings. The summed E-state index contributed by atoms with van der Waals surface area (Å²) < 4.78 is 11.3. The Morgan fingerprint density at radius 1 is 1.00 bits per heavy atom. The molecule has 0 heterocycles. The lowest BCUT2D eigenvalue weighted by Crippen LogP contribution is -2.19. The molecule has 0 saturated carbocycles. The zero-order valence-corrected chi connectivity index (χ0v) is 6.87. The van der Waals surface area contributed by atoms with Crippen LogP contribution in [0.15, 0.2) is 0 Å². The van der Waals surface area contributed by atoms with Gasteiger partial charge >= 0.3 is 0 Å². The van der Waals surface area contributed by atoms with E-state index in [1.54, 1.807) is 0 Å². The molecule has 0 aromatic carbocycles. The largest absolute Gasteiger partial charge is 0.285 e. The average Bonchev–Trinajstić information content (AvgIpc) is 1.87. The van der Waals surface area contributed by atoms with Crippen LogP contribution in [-0.4, -0.2) is 21.5 Å². The van der Waals surface area contributed by atoms with E-state index in [4.69, 9.17) is 0 Å². The van der Waals surface area contributed by atoms with Gasteiger partial charge in [-0.2, -0.15) is 0 Å². The van der Waals surface area contributed by atoms with Crippen molar-refractivity contribution in [2.24, 2.45) is 0 Å². The van der Waals surface area contributed by atoms with Crippen LogP contribution in [0.25, 0.3) is 0 Å². The predicted octanol–water partition coefficient (Wildman–Crippen LogP) is 1.06. The summed E-state index contributed by atoms with van der Waals surface area (Å²) in [5.41, 5.74) is 0. The van der Waals surface area contributed by atoms with Gasteiger partial charge in [0.2, 0.25) is 0 Å². The summed E-state index contributed by atoms with van der Waals surface area (Å²) in [5, 5.41) is 0. The van der Waals surface area contributed by atoms with E-state index in [9.17, 15) is 4.21 Å². The van der Waals surface area contributed by atoms with E-state index in [-0.39, 0.29) is 0 Å². The summed E-state index contributed by atoms with van der Waals surface area (Å²) in [6.07, 6.45) is 0. The van der Waals surface area contributed by atoms with Gasteiger partial charge in [-0.15, -0.1) is 9.93 Å². The van der Waals surface area contributed by atoms with Gasteiger partial charge in [-0.1, -0.05) is 20.8 Å². The standard InChI is InChI=1S/C6H16OS/c1-4-8(7,5-2)6-3/h8H,4-6H2,1-3H3. The van der Waals surface area contributed by atoms with Crippen molar-refractivity contribution in [1.82, 2.24) is 0 Å². The lowest BCUT2D eigenvalue weighted by atomic mass is 10.9. The summed E-state index contributed by atoms with van der Waals surface area (Å²) in [4.78, 5) is 0. The lowest BCUT2D eigenvalue weighted by molar-refractivity contribution is 0.672. The third-order valence-electron chi connectivity index (χ3n) is 1.73. The van der Waals surface area contributed by atoms with Gasteiger partial charge in [-0.05, 0) is 17.3 Å². The van der Waals surface area contributed by atoms with Crippen LogP contribution in [0.1, 0.15) is 20.8 Å². The monoisotopic (exact) mass is 136 g/mol. The third kappa shape index (κ3) is 1.95. The third-order valence-corrected chi connectivity index (χ3v) is 5.19. The van der Waals surface area contributed by atoms with Crippen molar-refractivity contribution >= 4 is 9.93 Å². The molecule has 0 aliphatic carbocycles. The minimum Gasteiger partial charge on any atom is -0.285 e. The molecule has 1 nitrogen and oxygen atoms in total. The summed E-state index contributed by atoms with van der Waals surface area (Å²) >= 11 is 0. The highest BCUT2D eigenvalue weighted by molar-refractivity contribution is 8.02. The Morgan fingerprint density at radius 3 is 1.25 bits per heavy atom. The fourth-order valence-corrected chi connectivity index (χ4v) is 2.01. The molecular formula is C6H16OS. The highest BCUT2D eigenvalue weighted by atomic mass is 32.2. The molecule has 0 aliphatic rings. The summed E-state index contributed by atoms with van der Waals surface area (Å²) in [6, 6.07) is 0. The molecule has 0 radical (unpaired) electrons. The summed E-state index contributed by atoms with van der Waals surface area (Å²) in [5.74, 6) is 2.62. The maximum atomic E-state index is 11.3. The number of thiol groups is 1. The molecule has 0 atom stereocenters. The first-order chi connectivity index (χ1) is 3.68. The Morgan fingerprint density at radius 2 is 1.25 bits per heavy atom. The van der Waals surface area contributed by atoms with Gasteiger partial charge in [-0.3, -0.25) is 4.21 Å². The van der Waals surface area contributed by atoms with Crippen molar-refractivity contribution in [3.8, 4) is 0 Å². The van der Waals surface area contributed by atoms with Gasteiger partial charge in [0.1, 0.15) is 0 Å². The van der Waals surface area contributed by atoms with Crippen LogP contribution in [0, 0.1) is 0 Å². The molecule has 8 heavy (non-hydrogen) atoms. The highest BCUT2D eigenvalue weighted by Gasteiger charge is 2.04. The van der Waals surface area contributed by atoms with Crippen molar-refractivity contribution < 1.29 is 4.21 Å². The minimum atomic E-state index is -1.66. The second-order valence-corrected chi connectivity index (χ2v) is 6.02. The zero-order valence-electron chi connectivity index (χ0n) is 5.98. The van der Waals surface area contributed by atoms with Crippen molar-refractivity contribution in [3.63, 3.8) is 0 Å². The lowest BCUT2D eigenvalue weighted by Gasteiger charge is -2.16. The van der Waals surface area contributed by atoms with Gasteiger partial charge in [0, 0.05) is 0 Å². The zero-order chi connectivity index (χ0) is 6.62. The highest BCUT2D eigenvalue weighted by Crippen LogP contribution is 2.01. The van der Waals surface area contributed by atoms with Gasteiger partial charge < -0.3 is 0 Å². The molecule has 0 N–H and O–H groups in total. The van der Waals surface area contributed by atoms with Gasteiger partial charge in [0.15, 0.2) is 0 Å². The number of hydrogen-bond acceptors (Lipinski definition) is 1. The molecule has 0 bridgehead atoms. The van der Waals surface area contributed by atoms with Crippen molar-refractivity contribution in [2.75, 3.05) is 17.3 Å². The fourth-order valence-electron chi connectivity index (χ4n) is 0.671. The first kappa shape index (κ1) is 8.15. The molecule has 0 aromatic heterocycles. The van der Waals surface area contributed by atoms with Crippen LogP contribution in [0.5, 0.6) is 0 Å². The van der Waals surface area contributed by atoms with Crippen LogP contribution in [0.3, 0.4) is 0 Å². The van der Waals surface area contributed by atoms with Gasteiger partial charge in [0.25, 0.3) is 0 Å². The normalized spacial score (nSPS) is 13.9. The Kier molecular flexibility index (Phi) is 3.29. The SMILES string of the molecule is CC[SH](=O)(CC)CC. The first-order valence-corrected chi connectivity index (χ1v) is 5.52. The molecule has 0 rings (SSSR count). The molecular weight excluding hydrogens is 120 g/mol. The number of hydrogen-bond donors (Lipinski definition) is 1. The minimum absolute atomic E-state index is 0.875. The van der Waals surface area contributed by atoms with Crippen LogP contribution in [0.2, 0.25) is 0 Å². The summed E-state index contributed by atoms with van der Waals surface area (Å²) in [7, 11) is -1.66. The smallest absolute Gasteiger partial charge is 0.00159 e. The molecule has 0 aliphatic heterocycles. The van der Waals surface area contributed by atoms with E-state index in [2.05, 4.69) is 0 Å². The molecule has 0 aromatic rings. The van der Waals surface area contributed by atoms with Crippen molar-refractivity contribution in [3.05, 3.63) is 0 Å². The Hall–Kier alpha value is 0.150. The Balaban J connectivity index is 3.79. The topological polar surface area (TPSA) is 17.1 Å². The Labute approximate surface area is 52.9 Å². The maximum absolute atomic E-state index is 11.3. The second-order valence-electron chi connectivity index (χ2n) is 2.01. The first-order valence-electron chi connectivity index (χ1n) is 3.25. The predicted molar refractivity (Wildman–Crippen MR) is 41.2 cm³/mol. The van der Waals surface area contributed by atoms with Gasteiger partial charge in [-0.25, -0.2) is 0 Å². The van der Waals surface area contributed by atoms with Crippen LogP contribution in [-0.2, 0) is 9.93 Å². The van der Waals surface area contributed by atoms with Gasteiger partial charge in [0.05, 0.1) is 0 Å². The molecule has 0 unspecified atom stereocenters. The summed E-state index contributed by atoms with van der Waals surface area (Å²) in [6.45, 7) is 6.02. The van der Waals surface area contributed by atoms with E-state index in [1.165, 1.54) is 0 Å².